The second-order valence-corrected chi connectivity index (χ2v) is 8.18. The van der Waals surface area contributed by atoms with Crippen LogP contribution >= 0.6 is 11.6 Å². The van der Waals surface area contributed by atoms with E-state index in [1.165, 1.54) is 0 Å². The summed E-state index contributed by atoms with van der Waals surface area (Å²) in [6.07, 6.45) is 0. The molecule has 2 aromatic carbocycles. The Morgan fingerprint density at radius 2 is 1.93 bits per heavy atom. The van der Waals surface area contributed by atoms with Gasteiger partial charge in [0.05, 0.1) is 61.1 Å². The van der Waals surface area contributed by atoms with Gasteiger partial charge in [-0.15, -0.1) is 0 Å². The Bertz CT molecular complexity index is 947. The van der Waals surface area contributed by atoms with Gasteiger partial charge in [-0.1, -0.05) is 17.7 Å². The van der Waals surface area contributed by atoms with Gasteiger partial charge in [0.25, 0.3) is 0 Å². The lowest BCUT2D eigenvalue weighted by atomic mass is 10.1. The van der Waals surface area contributed by atoms with E-state index < -0.39 is 5.79 Å². The summed E-state index contributed by atoms with van der Waals surface area (Å²) < 4.78 is 17.0. The van der Waals surface area contributed by atoms with Crippen LogP contribution in [0.3, 0.4) is 0 Å². The molecular weight excluding hydrogens is 390 g/mol. The molecule has 2 aromatic rings. The van der Waals surface area contributed by atoms with E-state index in [0.717, 1.165) is 16.9 Å². The standard InChI is InChI=1S/C22H24ClN3O3/c1-22(2)28-12-17(13-29-22)26-14-25(20-9-15(10-24)4-6-19(20)26)11-16-5-7-21(27-3)18(23)8-16/h4-9,17H,11-14H2,1-3H3. The van der Waals surface area contributed by atoms with Gasteiger partial charge >= 0.3 is 0 Å². The Morgan fingerprint density at radius 3 is 2.59 bits per heavy atom. The van der Waals surface area contributed by atoms with Crippen LogP contribution in [0.1, 0.15) is 25.0 Å². The molecule has 2 aliphatic heterocycles. The van der Waals surface area contributed by atoms with E-state index >= 15 is 0 Å². The van der Waals surface area contributed by atoms with Gasteiger partial charge in [-0.2, -0.15) is 5.26 Å². The van der Waals surface area contributed by atoms with Gasteiger partial charge in [-0.3, -0.25) is 0 Å². The van der Waals surface area contributed by atoms with Crippen molar-refractivity contribution in [1.29, 1.82) is 5.26 Å². The van der Waals surface area contributed by atoms with Crippen LogP contribution in [0.25, 0.3) is 0 Å². The van der Waals surface area contributed by atoms with Crippen LogP contribution in [0.2, 0.25) is 5.02 Å². The maximum atomic E-state index is 9.36. The van der Waals surface area contributed by atoms with E-state index in [4.69, 9.17) is 25.8 Å². The normalized spacial score (nSPS) is 18.4. The highest BCUT2D eigenvalue weighted by atomic mass is 35.5. The first-order valence-corrected chi connectivity index (χ1v) is 9.94. The molecule has 0 aliphatic carbocycles. The van der Waals surface area contributed by atoms with E-state index in [9.17, 15) is 5.26 Å². The molecular formula is C22H24ClN3O3. The topological polar surface area (TPSA) is 58.0 Å². The average molecular weight is 414 g/mol. The first-order valence-electron chi connectivity index (χ1n) is 9.56. The zero-order valence-electron chi connectivity index (χ0n) is 16.8. The molecule has 152 valence electrons. The van der Waals surface area contributed by atoms with E-state index in [1.54, 1.807) is 7.11 Å². The fraction of sp³-hybridized carbons (Fsp3) is 0.409. The smallest absolute Gasteiger partial charge is 0.162 e. The van der Waals surface area contributed by atoms with E-state index in [0.29, 0.717) is 42.8 Å². The summed E-state index contributed by atoms with van der Waals surface area (Å²) in [5, 5.41) is 9.94. The maximum Gasteiger partial charge on any atom is 0.162 e. The van der Waals surface area contributed by atoms with Gasteiger partial charge in [-0.05, 0) is 49.7 Å². The molecule has 0 aromatic heterocycles. The summed E-state index contributed by atoms with van der Waals surface area (Å²) in [6, 6.07) is 14.0. The van der Waals surface area contributed by atoms with Crippen LogP contribution in [0, 0.1) is 11.3 Å². The molecule has 0 spiro atoms. The molecule has 0 N–H and O–H groups in total. The molecule has 2 heterocycles. The van der Waals surface area contributed by atoms with E-state index in [-0.39, 0.29) is 6.04 Å². The van der Waals surface area contributed by atoms with Crippen molar-refractivity contribution in [2.75, 3.05) is 36.8 Å². The number of nitrogens with zero attached hydrogens (tertiary/aromatic N) is 3. The second-order valence-electron chi connectivity index (χ2n) is 7.77. The SMILES string of the molecule is COc1ccc(CN2CN(C3COC(C)(C)OC3)c3ccc(C#N)cc32)cc1Cl. The molecule has 0 amide bonds. The van der Waals surface area contributed by atoms with Crippen LogP contribution in [0.15, 0.2) is 36.4 Å². The number of ether oxygens (including phenoxy) is 3. The number of benzene rings is 2. The van der Waals surface area contributed by atoms with E-state index in [2.05, 4.69) is 15.9 Å². The highest BCUT2D eigenvalue weighted by Gasteiger charge is 2.36. The fourth-order valence-corrected chi connectivity index (χ4v) is 4.05. The van der Waals surface area contributed by atoms with Gasteiger partial charge in [0.15, 0.2) is 5.79 Å². The molecule has 0 unspecified atom stereocenters. The zero-order chi connectivity index (χ0) is 20.6. The summed E-state index contributed by atoms with van der Waals surface area (Å²) in [5.74, 6) is 0.105. The molecule has 0 saturated carbocycles. The van der Waals surface area contributed by atoms with Gasteiger partial charge in [0.1, 0.15) is 5.75 Å². The quantitative estimate of drug-likeness (QED) is 0.750. The lowest BCUT2D eigenvalue weighted by Gasteiger charge is -2.39. The van der Waals surface area contributed by atoms with Crippen molar-refractivity contribution in [2.24, 2.45) is 0 Å². The van der Waals surface area contributed by atoms with Gasteiger partial charge in [0.2, 0.25) is 0 Å². The summed E-state index contributed by atoms with van der Waals surface area (Å²) in [7, 11) is 1.61. The summed E-state index contributed by atoms with van der Waals surface area (Å²) in [5.41, 5.74) is 3.82. The van der Waals surface area contributed by atoms with Crippen molar-refractivity contribution in [1.82, 2.24) is 0 Å². The third-order valence-electron chi connectivity index (χ3n) is 5.35. The first kappa shape index (κ1) is 19.8. The number of nitriles is 1. The van der Waals surface area contributed by atoms with Crippen LogP contribution in [0.5, 0.6) is 5.75 Å². The number of fused-ring (bicyclic) bond motifs is 1. The molecule has 7 heteroatoms. The van der Waals surface area contributed by atoms with Crippen molar-refractivity contribution in [3.63, 3.8) is 0 Å². The Kier molecular flexibility index (Phi) is 5.30. The second kappa shape index (κ2) is 7.75. The summed E-state index contributed by atoms with van der Waals surface area (Å²) in [6.45, 7) is 6.40. The van der Waals surface area contributed by atoms with Crippen molar-refractivity contribution < 1.29 is 14.2 Å². The minimum Gasteiger partial charge on any atom is -0.495 e. The molecule has 2 aliphatic rings. The molecule has 0 atom stereocenters. The minimum atomic E-state index is -0.552. The number of methoxy groups -OCH3 is 1. The summed E-state index contributed by atoms with van der Waals surface area (Å²) in [4.78, 5) is 4.53. The van der Waals surface area contributed by atoms with Crippen LogP contribution < -0.4 is 14.5 Å². The Morgan fingerprint density at radius 1 is 1.17 bits per heavy atom. The van der Waals surface area contributed by atoms with Crippen molar-refractivity contribution in [3.8, 4) is 11.8 Å². The number of hydrogen-bond acceptors (Lipinski definition) is 6. The highest BCUT2D eigenvalue weighted by molar-refractivity contribution is 6.32. The van der Waals surface area contributed by atoms with E-state index in [1.807, 2.05) is 50.2 Å². The van der Waals surface area contributed by atoms with Crippen molar-refractivity contribution >= 4 is 23.0 Å². The minimum absolute atomic E-state index is 0.110. The number of hydrogen-bond donors (Lipinski definition) is 0. The van der Waals surface area contributed by atoms with Crippen LogP contribution in [-0.4, -0.2) is 38.8 Å². The third-order valence-corrected chi connectivity index (χ3v) is 5.65. The predicted octanol–water partition coefficient (Wildman–Crippen LogP) is 4.16. The van der Waals surface area contributed by atoms with Gasteiger partial charge in [-0.25, -0.2) is 0 Å². The number of anilines is 2. The monoisotopic (exact) mass is 413 g/mol. The molecule has 6 nitrogen and oxygen atoms in total. The first-order chi connectivity index (χ1) is 13.9. The highest BCUT2D eigenvalue weighted by Crippen LogP contribution is 2.40. The fourth-order valence-electron chi connectivity index (χ4n) is 3.76. The molecule has 0 radical (unpaired) electrons. The number of halogens is 1. The Balaban J connectivity index is 1.61. The molecule has 29 heavy (non-hydrogen) atoms. The predicted molar refractivity (Wildman–Crippen MR) is 112 cm³/mol. The van der Waals surface area contributed by atoms with Gasteiger partial charge in [0, 0.05) is 6.54 Å². The molecule has 1 fully saturated rings. The lowest BCUT2D eigenvalue weighted by molar-refractivity contribution is -0.249. The average Bonchev–Trinajstić information content (AvgIpc) is 3.05. The summed E-state index contributed by atoms with van der Waals surface area (Å²) >= 11 is 6.31. The lowest BCUT2D eigenvalue weighted by Crippen LogP contribution is -2.51. The molecule has 4 rings (SSSR count). The van der Waals surface area contributed by atoms with Gasteiger partial charge < -0.3 is 24.0 Å². The Hall–Kier alpha value is -2.46. The van der Waals surface area contributed by atoms with Crippen molar-refractivity contribution in [3.05, 3.63) is 52.5 Å². The Labute approximate surface area is 176 Å². The molecule has 1 saturated heterocycles. The third kappa shape index (κ3) is 3.99. The largest absolute Gasteiger partial charge is 0.495 e. The van der Waals surface area contributed by atoms with Crippen LogP contribution in [0.4, 0.5) is 11.4 Å². The zero-order valence-corrected chi connectivity index (χ0v) is 17.6. The van der Waals surface area contributed by atoms with Crippen LogP contribution in [-0.2, 0) is 16.0 Å². The molecule has 0 bridgehead atoms. The maximum absolute atomic E-state index is 9.36. The number of rotatable bonds is 4. The van der Waals surface area contributed by atoms with Crippen molar-refractivity contribution in [2.45, 2.75) is 32.2 Å².